The third-order valence-electron chi connectivity index (χ3n) is 6.54. The molecule has 0 radical (unpaired) electrons. The molecule has 3 saturated carbocycles. The van der Waals surface area contributed by atoms with E-state index < -0.39 is 5.60 Å². The lowest BCUT2D eigenvalue weighted by atomic mass is 9.63. The Labute approximate surface area is 127 Å². The van der Waals surface area contributed by atoms with Gasteiger partial charge >= 0.3 is 0 Å². The number of hydrogen-bond donors (Lipinski definition) is 2. The molecule has 3 rings (SSSR count). The van der Waals surface area contributed by atoms with Crippen LogP contribution in [0.25, 0.3) is 0 Å². The summed E-state index contributed by atoms with van der Waals surface area (Å²) in [4.78, 5) is 0. The van der Waals surface area contributed by atoms with Gasteiger partial charge in [-0.05, 0) is 56.8 Å². The fourth-order valence-corrected chi connectivity index (χ4v) is 5.64. The molecule has 2 bridgehead atoms. The van der Waals surface area contributed by atoms with Crippen LogP contribution >= 0.6 is 0 Å². The van der Waals surface area contributed by atoms with Crippen molar-refractivity contribution in [3.8, 4) is 0 Å². The molecule has 4 heteroatoms. The van der Waals surface area contributed by atoms with Gasteiger partial charge in [0.1, 0.15) is 0 Å². The minimum atomic E-state index is -0.720. The first-order valence-electron chi connectivity index (χ1n) is 8.59. The molecule has 0 saturated heterocycles. The standard InChI is InChI=1S/C17H30O4/c1-16(19,12-21-10-9-20-8-7-18)17-6-5-13(11-17)14-3-2-4-15(14)17/h13-15,18-19H,2-12H2,1H3. The second-order valence-electron chi connectivity index (χ2n) is 7.52. The Kier molecular flexibility index (Phi) is 4.60. The molecule has 3 aliphatic rings. The Balaban J connectivity index is 1.54. The molecule has 21 heavy (non-hydrogen) atoms. The van der Waals surface area contributed by atoms with E-state index in [1.54, 1.807) is 0 Å². The number of ether oxygens (including phenoxy) is 2. The zero-order chi connectivity index (χ0) is 14.9. The summed E-state index contributed by atoms with van der Waals surface area (Å²) in [6, 6.07) is 0. The molecular formula is C17H30O4. The summed E-state index contributed by atoms with van der Waals surface area (Å²) in [5, 5.41) is 19.8. The Morgan fingerprint density at radius 1 is 1.14 bits per heavy atom. The van der Waals surface area contributed by atoms with Gasteiger partial charge in [0.2, 0.25) is 0 Å². The lowest BCUT2D eigenvalue weighted by molar-refractivity contribution is -0.142. The van der Waals surface area contributed by atoms with Crippen molar-refractivity contribution in [2.24, 2.45) is 23.2 Å². The van der Waals surface area contributed by atoms with Gasteiger partial charge in [-0.2, -0.15) is 0 Å². The van der Waals surface area contributed by atoms with E-state index in [9.17, 15) is 5.11 Å². The molecule has 0 spiro atoms. The lowest BCUT2D eigenvalue weighted by Gasteiger charge is -2.46. The van der Waals surface area contributed by atoms with Gasteiger partial charge in [-0.1, -0.05) is 6.42 Å². The van der Waals surface area contributed by atoms with Crippen LogP contribution in [0.4, 0.5) is 0 Å². The van der Waals surface area contributed by atoms with Crippen LogP contribution in [0.15, 0.2) is 0 Å². The molecule has 0 aromatic heterocycles. The van der Waals surface area contributed by atoms with Crippen LogP contribution in [-0.4, -0.2) is 48.8 Å². The van der Waals surface area contributed by atoms with Gasteiger partial charge in [0, 0.05) is 5.41 Å². The van der Waals surface area contributed by atoms with E-state index in [0.717, 1.165) is 17.8 Å². The highest BCUT2D eigenvalue weighted by Gasteiger charge is 2.65. The van der Waals surface area contributed by atoms with Gasteiger partial charge in [-0.15, -0.1) is 0 Å². The summed E-state index contributed by atoms with van der Waals surface area (Å²) in [5.74, 6) is 2.45. The molecule has 5 unspecified atom stereocenters. The van der Waals surface area contributed by atoms with Crippen molar-refractivity contribution in [1.29, 1.82) is 0 Å². The Morgan fingerprint density at radius 3 is 2.76 bits per heavy atom. The first-order chi connectivity index (χ1) is 10.1. The van der Waals surface area contributed by atoms with Crippen LogP contribution in [0, 0.1) is 23.2 Å². The number of aliphatic hydroxyl groups is 2. The fourth-order valence-electron chi connectivity index (χ4n) is 5.64. The largest absolute Gasteiger partial charge is 0.394 e. The molecule has 0 aromatic rings. The molecule has 0 amide bonds. The van der Waals surface area contributed by atoms with Gasteiger partial charge in [0.25, 0.3) is 0 Å². The second-order valence-corrected chi connectivity index (χ2v) is 7.52. The van der Waals surface area contributed by atoms with Gasteiger partial charge in [0.15, 0.2) is 0 Å². The Morgan fingerprint density at radius 2 is 1.95 bits per heavy atom. The maximum Gasteiger partial charge on any atom is 0.0910 e. The summed E-state index contributed by atoms with van der Waals surface area (Å²) in [7, 11) is 0. The Hall–Kier alpha value is -0.160. The molecule has 5 atom stereocenters. The molecule has 3 aliphatic carbocycles. The molecular weight excluding hydrogens is 268 g/mol. The zero-order valence-corrected chi connectivity index (χ0v) is 13.2. The quantitative estimate of drug-likeness (QED) is 0.673. The van der Waals surface area contributed by atoms with Crippen molar-refractivity contribution < 1.29 is 19.7 Å². The van der Waals surface area contributed by atoms with Crippen LogP contribution in [-0.2, 0) is 9.47 Å². The summed E-state index contributed by atoms with van der Waals surface area (Å²) in [6.45, 7) is 3.78. The monoisotopic (exact) mass is 298 g/mol. The highest BCUT2D eigenvalue weighted by atomic mass is 16.5. The first-order valence-corrected chi connectivity index (χ1v) is 8.59. The fraction of sp³-hybridized carbons (Fsp3) is 1.00. The van der Waals surface area contributed by atoms with Gasteiger partial charge in [-0.25, -0.2) is 0 Å². The van der Waals surface area contributed by atoms with Crippen LogP contribution in [0.5, 0.6) is 0 Å². The van der Waals surface area contributed by atoms with Gasteiger partial charge in [0.05, 0.1) is 38.6 Å². The second kappa shape index (κ2) is 6.15. The maximum atomic E-state index is 11.1. The van der Waals surface area contributed by atoms with E-state index in [2.05, 4.69) is 0 Å². The van der Waals surface area contributed by atoms with Crippen LogP contribution in [0.3, 0.4) is 0 Å². The third kappa shape index (κ3) is 2.65. The van der Waals surface area contributed by atoms with Crippen molar-refractivity contribution in [3.05, 3.63) is 0 Å². The minimum absolute atomic E-state index is 0.0469. The van der Waals surface area contributed by atoms with E-state index in [1.807, 2.05) is 6.92 Å². The van der Waals surface area contributed by atoms with Crippen LogP contribution in [0.2, 0.25) is 0 Å². The predicted molar refractivity (Wildman–Crippen MR) is 80.0 cm³/mol. The smallest absolute Gasteiger partial charge is 0.0910 e. The van der Waals surface area contributed by atoms with Crippen molar-refractivity contribution in [2.45, 2.75) is 51.0 Å². The van der Waals surface area contributed by atoms with Gasteiger partial charge in [-0.3, -0.25) is 0 Å². The highest BCUT2D eigenvalue weighted by Crippen LogP contribution is 2.69. The molecule has 3 fully saturated rings. The summed E-state index contributed by atoms with van der Waals surface area (Å²) >= 11 is 0. The molecule has 0 aliphatic heterocycles. The zero-order valence-electron chi connectivity index (χ0n) is 13.2. The molecule has 2 N–H and O–H groups in total. The molecule has 4 nitrogen and oxygen atoms in total. The third-order valence-corrected chi connectivity index (χ3v) is 6.54. The SMILES string of the molecule is CC(O)(COCCOCCO)C12CCC(C1)C1CCCC12. The van der Waals surface area contributed by atoms with Crippen LogP contribution < -0.4 is 0 Å². The van der Waals surface area contributed by atoms with E-state index >= 15 is 0 Å². The normalized spacial score (nSPS) is 40.4. The van der Waals surface area contributed by atoms with Crippen molar-refractivity contribution in [3.63, 3.8) is 0 Å². The van der Waals surface area contributed by atoms with E-state index in [0.29, 0.717) is 26.4 Å². The minimum Gasteiger partial charge on any atom is -0.394 e. The number of hydrogen-bond acceptors (Lipinski definition) is 4. The number of rotatable bonds is 8. The summed E-state index contributed by atoms with van der Waals surface area (Å²) in [5.41, 5.74) is -0.618. The van der Waals surface area contributed by atoms with E-state index in [1.165, 1.54) is 38.5 Å². The summed E-state index contributed by atoms with van der Waals surface area (Å²) in [6.07, 6.45) is 7.71. The van der Waals surface area contributed by atoms with Crippen molar-refractivity contribution in [1.82, 2.24) is 0 Å². The number of aliphatic hydroxyl groups excluding tert-OH is 1. The van der Waals surface area contributed by atoms with E-state index in [4.69, 9.17) is 14.6 Å². The van der Waals surface area contributed by atoms with Gasteiger partial charge < -0.3 is 19.7 Å². The van der Waals surface area contributed by atoms with Crippen molar-refractivity contribution in [2.75, 3.05) is 33.0 Å². The summed E-state index contributed by atoms with van der Waals surface area (Å²) < 4.78 is 10.9. The van der Waals surface area contributed by atoms with Crippen LogP contribution in [0.1, 0.15) is 45.4 Å². The molecule has 0 aromatic carbocycles. The average Bonchev–Trinajstić information content (AvgIpc) is 3.13. The lowest BCUT2D eigenvalue weighted by Crippen LogP contribution is -2.51. The first kappa shape index (κ1) is 15.7. The van der Waals surface area contributed by atoms with E-state index in [-0.39, 0.29) is 12.0 Å². The molecule has 0 heterocycles. The van der Waals surface area contributed by atoms with Crippen molar-refractivity contribution >= 4 is 0 Å². The highest BCUT2D eigenvalue weighted by molar-refractivity contribution is 5.14. The maximum absolute atomic E-state index is 11.1. The average molecular weight is 298 g/mol. The topological polar surface area (TPSA) is 58.9 Å². The predicted octanol–water partition coefficient (Wildman–Crippen LogP) is 1.98. The number of fused-ring (bicyclic) bond motifs is 5. The Bertz CT molecular complexity index is 357. The molecule has 122 valence electrons.